The Morgan fingerprint density at radius 3 is 2.78 bits per heavy atom. The summed E-state index contributed by atoms with van der Waals surface area (Å²) in [5.41, 5.74) is 0.872. The summed E-state index contributed by atoms with van der Waals surface area (Å²) in [6.07, 6.45) is 4.72. The van der Waals surface area contributed by atoms with Crippen molar-refractivity contribution < 1.29 is 9.34 Å². The van der Waals surface area contributed by atoms with Crippen molar-refractivity contribution in [3.63, 3.8) is 0 Å². The average molecular weight is 240 g/mol. The lowest BCUT2D eigenvalue weighted by Gasteiger charge is -2.04. The van der Waals surface area contributed by atoms with Crippen molar-refractivity contribution in [1.29, 1.82) is 0 Å². The van der Waals surface area contributed by atoms with E-state index >= 15 is 0 Å². The third kappa shape index (κ3) is 1.53. The van der Waals surface area contributed by atoms with Crippen LogP contribution in [-0.2, 0) is 0 Å². The predicted molar refractivity (Wildman–Crippen MR) is 66.1 cm³/mol. The number of nitro benzene ring substituents is 1. The molecule has 1 aromatic carbocycles. The van der Waals surface area contributed by atoms with Crippen molar-refractivity contribution in [1.82, 2.24) is 4.98 Å². The largest absolute Gasteiger partial charge is 0.464 e. The number of furan rings is 1. The van der Waals surface area contributed by atoms with Crippen molar-refractivity contribution in [2.45, 2.75) is 0 Å². The molecule has 3 rings (SSSR count). The Balaban J connectivity index is 2.37. The normalized spacial score (nSPS) is 10.7. The van der Waals surface area contributed by atoms with E-state index in [2.05, 4.69) is 4.98 Å². The van der Waals surface area contributed by atoms with E-state index in [-0.39, 0.29) is 5.69 Å². The third-order valence-electron chi connectivity index (χ3n) is 2.78. The number of hydrogen-bond donors (Lipinski definition) is 0. The number of non-ortho nitro benzene ring substituents is 1. The zero-order chi connectivity index (χ0) is 12.5. The van der Waals surface area contributed by atoms with Crippen LogP contribution in [0.3, 0.4) is 0 Å². The van der Waals surface area contributed by atoms with Crippen LogP contribution in [0.25, 0.3) is 22.1 Å². The van der Waals surface area contributed by atoms with Crippen molar-refractivity contribution in [3.05, 3.63) is 59.1 Å². The standard InChI is InChI=1S/C13H8N2O3/c16-15(17)12-4-3-10(13-2-1-7-18-13)11-8-14-6-5-9(11)12/h1-8H. The second kappa shape index (κ2) is 3.96. The molecule has 5 heteroatoms. The number of nitro groups is 1. The van der Waals surface area contributed by atoms with Gasteiger partial charge in [-0.1, -0.05) is 0 Å². The summed E-state index contributed by atoms with van der Waals surface area (Å²) in [5.74, 6) is 0.669. The fraction of sp³-hybridized carbons (Fsp3) is 0. The number of nitrogens with zero attached hydrogens (tertiary/aromatic N) is 2. The fourth-order valence-electron chi connectivity index (χ4n) is 1.98. The highest BCUT2D eigenvalue weighted by molar-refractivity contribution is 6.00. The molecule has 0 amide bonds. The molecule has 0 saturated carbocycles. The van der Waals surface area contributed by atoms with E-state index < -0.39 is 4.92 Å². The van der Waals surface area contributed by atoms with Gasteiger partial charge in [-0.05, 0) is 24.3 Å². The van der Waals surface area contributed by atoms with E-state index in [1.165, 1.54) is 6.07 Å². The summed E-state index contributed by atoms with van der Waals surface area (Å²) >= 11 is 0. The maximum atomic E-state index is 11.0. The monoisotopic (exact) mass is 240 g/mol. The minimum absolute atomic E-state index is 0.0720. The first-order valence-corrected chi connectivity index (χ1v) is 5.32. The molecule has 2 heterocycles. The second-order valence-electron chi connectivity index (χ2n) is 3.79. The Kier molecular flexibility index (Phi) is 2.30. The van der Waals surface area contributed by atoms with Crippen LogP contribution in [0, 0.1) is 10.1 Å². The zero-order valence-electron chi connectivity index (χ0n) is 9.24. The maximum Gasteiger partial charge on any atom is 0.277 e. The third-order valence-corrected chi connectivity index (χ3v) is 2.78. The lowest BCUT2D eigenvalue weighted by Crippen LogP contribution is -1.91. The topological polar surface area (TPSA) is 69.2 Å². The molecular formula is C13H8N2O3. The molecule has 5 nitrogen and oxygen atoms in total. The van der Waals surface area contributed by atoms with Gasteiger partial charge in [-0.2, -0.15) is 0 Å². The molecule has 0 bridgehead atoms. The van der Waals surface area contributed by atoms with Gasteiger partial charge in [0.2, 0.25) is 0 Å². The SMILES string of the molecule is O=[N+]([O-])c1ccc(-c2ccco2)c2cnccc12. The fourth-order valence-corrected chi connectivity index (χ4v) is 1.98. The highest BCUT2D eigenvalue weighted by atomic mass is 16.6. The first-order chi connectivity index (χ1) is 8.77. The van der Waals surface area contributed by atoms with Crippen molar-refractivity contribution in [3.8, 4) is 11.3 Å². The van der Waals surface area contributed by atoms with Crippen molar-refractivity contribution in [2.75, 3.05) is 0 Å². The van der Waals surface area contributed by atoms with E-state index in [0.29, 0.717) is 16.5 Å². The number of hydrogen-bond acceptors (Lipinski definition) is 4. The van der Waals surface area contributed by atoms with Crippen LogP contribution in [0.2, 0.25) is 0 Å². The molecular weight excluding hydrogens is 232 g/mol. The molecule has 2 aromatic heterocycles. The van der Waals surface area contributed by atoms with Gasteiger partial charge in [-0.15, -0.1) is 0 Å². The van der Waals surface area contributed by atoms with Gasteiger partial charge in [-0.3, -0.25) is 15.1 Å². The Morgan fingerprint density at radius 1 is 1.17 bits per heavy atom. The van der Waals surface area contributed by atoms with E-state index in [1.807, 2.05) is 6.07 Å². The van der Waals surface area contributed by atoms with Crippen LogP contribution in [-0.4, -0.2) is 9.91 Å². The molecule has 88 valence electrons. The summed E-state index contributed by atoms with van der Waals surface area (Å²) in [4.78, 5) is 14.6. The van der Waals surface area contributed by atoms with Gasteiger partial charge in [0.05, 0.1) is 16.6 Å². The van der Waals surface area contributed by atoms with Crippen LogP contribution >= 0.6 is 0 Å². The van der Waals surface area contributed by atoms with Crippen molar-refractivity contribution >= 4 is 16.5 Å². The predicted octanol–water partition coefficient (Wildman–Crippen LogP) is 3.40. The first-order valence-electron chi connectivity index (χ1n) is 5.32. The summed E-state index contributed by atoms with van der Waals surface area (Å²) in [6, 6.07) is 8.40. The summed E-state index contributed by atoms with van der Waals surface area (Å²) in [5, 5.41) is 12.2. The van der Waals surface area contributed by atoms with Gasteiger partial charge in [0.1, 0.15) is 5.76 Å². The van der Waals surface area contributed by atoms with Gasteiger partial charge < -0.3 is 4.42 Å². The smallest absolute Gasteiger partial charge is 0.277 e. The van der Waals surface area contributed by atoms with E-state index in [4.69, 9.17) is 4.42 Å². The minimum Gasteiger partial charge on any atom is -0.464 e. The lowest BCUT2D eigenvalue weighted by molar-refractivity contribution is -0.383. The van der Waals surface area contributed by atoms with E-state index in [0.717, 1.165) is 5.56 Å². The summed E-state index contributed by atoms with van der Waals surface area (Å²) in [6.45, 7) is 0. The summed E-state index contributed by atoms with van der Waals surface area (Å²) < 4.78 is 5.33. The number of benzene rings is 1. The van der Waals surface area contributed by atoms with Crippen LogP contribution in [0.5, 0.6) is 0 Å². The quantitative estimate of drug-likeness (QED) is 0.508. The molecule has 0 aliphatic rings. The molecule has 0 spiro atoms. The molecule has 0 N–H and O–H groups in total. The molecule has 3 aromatic rings. The molecule has 0 unspecified atom stereocenters. The molecule has 18 heavy (non-hydrogen) atoms. The van der Waals surface area contributed by atoms with Crippen molar-refractivity contribution in [2.24, 2.45) is 0 Å². The molecule has 0 aliphatic carbocycles. The van der Waals surface area contributed by atoms with Crippen LogP contribution in [0.1, 0.15) is 0 Å². The highest BCUT2D eigenvalue weighted by Gasteiger charge is 2.15. The zero-order valence-corrected chi connectivity index (χ0v) is 9.24. The molecule has 0 fully saturated rings. The Labute approximate surface area is 102 Å². The Morgan fingerprint density at radius 2 is 2.06 bits per heavy atom. The van der Waals surface area contributed by atoms with Gasteiger partial charge in [0, 0.05) is 29.4 Å². The maximum absolute atomic E-state index is 11.0. The first kappa shape index (κ1) is 10.5. The van der Waals surface area contributed by atoms with Gasteiger partial charge in [0.15, 0.2) is 0 Å². The molecule has 0 aliphatic heterocycles. The van der Waals surface area contributed by atoms with Crippen LogP contribution < -0.4 is 0 Å². The van der Waals surface area contributed by atoms with E-state index in [1.54, 1.807) is 36.9 Å². The van der Waals surface area contributed by atoms with Gasteiger partial charge in [-0.25, -0.2) is 0 Å². The van der Waals surface area contributed by atoms with Crippen LogP contribution in [0.15, 0.2) is 53.4 Å². The number of rotatable bonds is 2. The minimum atomic E-state index is -0.395. The average Bonchev–Trinajstić information content (AvgIpc) is 2.91. The molecule has 0 saturated heterocycles. The molecule has 0 radical (unpaired) electrons. The van der Waals surface area contributed by atoms with Crippen LogP contribution in [0.4, 0.5) is 5.69 Å². The van der Waals surface area contributed by atoms with E-state index in [9.17, 15) is 10.1 Å². The molecule has 0 atom stereocenters. The number of pyridine rings is 1. The van der Waals surface area contributed by atoms with Gasteiger partial charge >= 0.3 is 0 Å². The summed E-state index contributed by atoms with van der Waals surface area (Å²) in [7, 11) is 0. The Hall–Kier alpha value is -2.69. The number of fused-ring (bicyclic) bond motifs is 1. The second-order valence-corrected chi connectivity index (χ2v) is 3.79. The number of aromatic nitrogens is 1. The highest BCUT2D eigenvalue weighted by Crippen LogP contribution is 2.33. The van der Waals surface area contributed by atoms with Gasteiger partial charge in [0.25, 0.3) is 5.69 Å². The Bertz CT molecular complexity index is 720. The lowest BCUT2D eigenvalue weighted by atomic mass is 10.0.